The highest BCUT2D eigenvalue weighted by Crippen LogP contribution is 2.65. The van der Waals surface area contributed by atoms with Crippen molar-refractivity contribution in [2.75, 3.05) is 12.3 Å². The quantitative estimate of drug-likeness (QED) is 0.0970. The largest absolute Gasteiger partial charge is 0.119 e. The van der Waals surface area contributed by atoms with E-state index in [0.717, 1.165) is 31.9 Å². The Hall–Kier alpha value is -1.05. The Morgan fingerprint density at radius 2 is 1.64 bits per heavy atom. The second-order valence-electron chi connectivity index (χ2n) is 12.7. The first-order valence-electron chi connectivity index (χ1n) is 17.9. The van der Waals surface area contributed by atoms with Crippen molar-refractivity contribution >= 4 is 8.58 Å². The molecule has 42 heavy (non-hydrogen) atoms. The molecule has 4 aliphatic rings. The van der Waals surface area contributed by atoms with Crippen LogP contribution in [0.4, 0.5) is 0 Å². The maximum absolute atomic E-state index is 5.10. The Labute approximate surface area is 268 Å². The molecule has 3 fully saturated rings. The average molecular weight is 599 g/mol. The predicted octanol–water partition coefficient (Wildman–Crippen LogP) is 13.8. The van der Waals surface area contributed by atoms with Gasteiger partial charge in [0.1, 0.15) is 0 Å². The van der Waals surface area contributed by atoms with Crippen LogP contribution in [0.5, 0.6) is 0 Å². The third kappa shape index (κ3) is 12.1. The zero-order valence-electron chi connectivity index (χ0n) is 30.9. The average Bonchev–Trinajstić information content (AvgIpc) is 3.45. The van der Waals surface area contributed by atoms with E-state index in [-0.39, 0.29) is 0 Å². The Balaban J connectivity index is 0. The minimum absolute atomic E-state index is 0.557. The highest BCUT2D eigenvalue weighted by atomic mass is 31.1. The molecule has 6 unspecified atom stereocenters. The van der Waals surface area contributed by atoms with Gasteiger partial charge in [-0.1, -0.05) is 131 Å². The summed E-state index contributed by atoms with van der Waals surface area (Å²) in [5, 5.41) is 0. The maximum atomic E-state index is 5.10. The SMILES string of the molecule is C#CC(/C=C\C)=C/C.C=CCPCC.CC.CC.CC.CC[C@]1(C)CCC2(C)C3=CCC4(C)CCCC4C3CCC2C1. The lowest BCUT2D eigenvalue weighted by atomic mass is 9.47. The van der Waals surface area contributed by atoms with E-state index < -0.39 is 0 Å². The van der Waals surface area contributed by atoms with Crippen LogP contribution in [0.25, 0.3) is 0 Å². The Morgan fingerprint density at radius 3 is 2.10 bits per heavy atom. The summed E-state index contributed by atoms with van der Waals surface area (Å²) in [6.07, 6.45) is 32.8. The van der Waals surface area contributed by atoms with E-state index in [1.54, 1.807) is 0 Å². The normalized spacial score (nSPS) is 32.5. The van der Waals surface area contributed by atoms with Crippen molar-refractivity contribution in [1.29, 1.82) is 0 Å². The summed E-state index contributed by atoms with van der Waals surface area (Å²) in [5.74, 6) is 5.47. The van der Waals surface area contributed by atoms with Crippen LogP contribution in [-0.4, -0.2) is 12.3 Å². The van der Waals surface area contributed by atoms with Gasteiger partial charge in [0, 0.05) is 5.57 Å². The summed E-state index contributed by atoms with van der Waals surface area (Å²) in [7, 11) is 1.10. The van der Waals surface area contributed by atoms with E-state index >= 15 is 0 Å². The van der Waals surface area contributed by atoms with Gasteiger partial charge in [0.15, 0.2) is 0 Å². The standard InChI is InChI=1S/C22H36.C8H10.C5H11P.3C2H6/c1-5-20(2)13-14-22(4)16(15-20)8-9-17-18-7-6-11-21(18,3)12-10-19(17)22;1-4-7-8(5-2)6-3;1-3-5-6-4-2;3*1-2/h10,16-18H,5-9,11-15H2,1-4H3;2,4,6-7H,1,3H3;3,6H,1,4-5H2,2H3;3*1-2H3/b;7-4-,8-6-;;;;/t16?,17?,18?,20-,21?,22?;;;;;/m1...../s1. The monoisotopic (exact) mass is 599 g/mol. The second kappa shape index (κ2) is 23.3. The van der Waals surface area contributed by atoms with Gasteiger partial charge in [-0.15, -0.1) is 21.6 Å². The fourth-order valence-electron chi connectivity index (χ4n) is 7.77. The van der Waals surface area contributed by atoms with Gasteiger partial charge in [0.05, 0.1) is 0 Å². The lowest BCUT2D eigenvalue weighted by Gasteiger charge is -2.58. The van der Waals surface area contributed by atoms with Crippen molar-refractivity contribution < 1.29 is 0 Å². The predicted molar refractivity (Wildman–Crippen MR) is 200 cm³/mol. The molecule has 0 bridgehead atoms. The number of fused-ring (bicyclic) bond motifs is 5. The Kier molecular flexibility index (Phi) is 23.9. The molecule has 0 heterocycles. The molecule has 7 atom stereocenters. The summed E-state index contributed by atoms with van der Waals surface area (Å²) in [6, 6.07) is 0. The van der Waals surface area contributed by atoms with Crippen LogP contribution in [0.2, 0.25) is 0 Å². The Morgan fingerprint density at radius 1 is 1.00 bits per heavy atom. The highest BCUT2D eigenvalue weighted by Gasteiger charge is 2.55. The van der Waals surface area contributed by atoms with E-state index in [9.17, 15) is 0 Å². The first-order valence-corrected chi connectivity index (χ1v) is 19.4. The van der Waals surface area contributed by atoms with Crippen LogP contribution < -0.4 is 0 Å². The first-order chi connectivity index (χ1) is 20.2. The number of hydrogen-bond acceptors (Lipinski definition) is 0. The molecular formula is C41H75P. The van der Waals surface area contributed by atoms with Gasteiger partial charge < -0.3 is 0 Å². The molecule has 0 saturated heterocycles. The fourth-order valence-corrected chi connectivity index (χ4v) is 8.26. The topological polar surface area (TPSA) is 0 Å². The van der Waals surface area contributed by atoms with E-state index in [1.807, 2.05) is 85.3 Å². The zero-order valence-corrected chi connectivity index (χ0v) is 31.9. The van der Waals surface area contributed by atoms with E-state index in [2.05, 4.69) is 53.2 Å². The highest BCUT2D eigenvalue weighted by molar-refractivity contribution is 7.38. The third-order valence-electron chi connectivity index (χ3n) is 10.4. The molecule has 4 aliphatic carbocycles. The fraction of sp³-hybridized carbons (Fsp3) is 0.756. The number of allylic oxidation sites excluding steroid dienone is 7. The molecule has 0 aromatic carbocycles. The van der Waals surface area contributed by atoms with Crippen LogP contribution in [0, 0.1) is 46.3 Å². The van der Waals surface area contributed by atoms with Crippen LogP contribution in [0.3, 0.4) is 0 Å². The van der Waals surface area contributed by atoms with E-state index in [1.165, 1.54) is 76.5 Å². The molecule has 3 saturated carbocycles. The summed E-state index contributed by atoms with van der Waals surface area (Å²) in [5.41, 5.74) is 4.72. The molecule has 0 N–H and O–H groups in total. The summed E-state index contributed by atoms with van der Waals surface area (Å²) in [6.45, 7) is 31.9. The van der Waals surface area contributed by atoms with Gasteiger partial charge in [-0.25, -0.2) is 0 Å². The van der Waals surface area contributed by atoms with Gasteiger partial charge in [0.2, 0.25) is 0 Å². The summed E-state index contributed by atoms with van der Waals surface area (Å²) in [4.78, 5) is 0. The maximum Gasteiger partial charge on any atom is 0.0196 e. The van der Waals surface area contributed by atoms with Gasteiger partial charge in [0.25, 0.3) is 0 Å². The summed E-state index contributed by atoms with van der Waals surface area (Å²) >= 11 is 0. The molecule has 0 aliphatic heterocycles. The molecule has 4 rings (SSSR count). The van der Waals surface area contributed by atoms with Gasteiger partial charge >= 0.3 is 0 Å². The molecule has 1 heteroatoms. The molecule has 0 aromatic heterocycles. The van der Waals surface area contributed by atoms with Crippen molar-refractivity contribution in [2.45, 2.75) is 154 Å². The molecule has 244 valence electrons. The van der Waals surface area contributed by atoms with Crippen LogP contribution in [0.1, 0.15) is 154 Å². The Bertz CT molecular complexity index is 837. The van der Waals surface area contributed by atoms with Crippen molar-refractivity contribution in [1.82, 2.24) is 0 Å². The molecule has 0 spiro atoms. The minimum Gasteiger partial charge on any atom is -0.119 e. The van der Waals surface area contributed by atoms with Gasteiger partial charge in [-0.05, 0) is 112 Å². The first kappa shape index (κ1) is 43.1. The van der Waals surface area contributed by atoms with Crippen molar-refractivity contribution in [3.63, 3.8) is 0 Å². The number of rotatable bonds is 5. The summed E-state index contributed by atoms with van der Waals surface area (Å²) < 4.78 is 0. The van der Waals surface area contributed by atoms with E-state index in [0.29, 0.717) is 16.2 Å². The van der Waals surface area contributed by atoms with Gasteiger partial charge in [-0.3, -0.25) is 0 Å². The third-order valence-corrected chi connectivity index (χ3v) is 11.5. The van der Waals surface area contributed by atoms with Crippen LogP contribution in [0.15, 0.2) is 48.1 Å². The minimum atomic E-state index is 0.557. The van der Waals surface area contributed by atoms with Crippen molar-refractivity contribution in [3.05, 3.63) is 48.1 Å². The molecule has 0 nitrogen and oxygen atoms in total. The number of terminal acetylenes is 1. The van der Waals surface area contributed by atoms with Crippen LogP contribution in [-0.2, 0) is 0 Å². The van der Waals surface area contributed by atoms with E-state index in [4.69, 9.17) is 6.42 Å². The smallest absolute Gasteiger partial charge is 0.0196 e. The number of hydrogen-bond donors (Lipinski definition) is 0. The lowest BCUT2D eigenvalue weighted by Crippen LogP contribution is -2.48. The van der Waals surface area contributed by atoms with Crippen molar-refractivity contribution in [2.24, 2.45) is 34.0 Å². The second-order valence-corrected chi connectivity index (χ2v) is 14.3. The van der Waals surface area contributed by atoms with Gasteiger partial charge in [-0.2, -0.15) is 0 Å². The molecular weight excluding hydrogens is 523 g/mol. The van der Waals surface area contributed by atoms with Crippen LogP contribution >= 0.6 is 8.58 Å². The molecule has 0 amide bonds. The van der Waals surface area contributed by atoms with Crippen molar-refractivity contribution in [3.8, 4) is 12.3 Å². The molecule has 0 aromatic rings. The lowest BCUT2D eigenvalue weighted by molar-refractivity contribution is -0.00357. The zero-order chi connectivity index (χ0) is 32.8. The molecule has 0 radical (unpaired) electrons.